The Hall–Kier alpha value is -4.15. The summed E-state index contributed by atoms with van der Waals surface area (Å²) in [6.45, 7) is -0.0579. The molecule has 0 heterocycles. The van der Waals surface area contributed by atoms with Crippen molar-refractivity contribution in [1.29, 1.82) is 5.26 Å². The summed E-state index contributed by atoms with van der Waals surface area (Å²) in [4.78, 5) is 23.9. The summed E-state index contributed by atoms with van der Waals surface area (Å²) >= 11 is 0. The van der Waals surface area contributed by atoms with Crippen molar-refractivity contribution < 1.29 is 19.1 Å². The summed E-state index contributed by atoms with van der Waals surface area (Å²) in [5.41, 5.74) is 2.72. The van der Waals surface area contributed by atoms with Gasteiger partial charge in [0.05, 0.1) is 11.6 Å². The van der Waals surface area contributed by atoms with E-state index in [1.807, 2.05) is 36.4 Å². The molecule has 156 valence electrons. The third-order valence-corrected chi connectivity index (χ3v) is 4.15. The van der Waals surface area contributed by atoms with Gasteiger partial charge in [0, 0.05) is 11.4 Å². The summed E-state index contributed by atoms with van der Waals surface area (Å²) in [6, 6.07) is 25.3. The molecule has 0 radical (unpaired) electrons. The maximum absolute atomic E-state index is 12.0. The molecule has 0 unspecified atom stereocenters. The van der Waals surface area contributed by atoms with Gasteiger partial charge >= 0.3 is 0 Å². The molecule has 7 nitrogen and oxygen atoms in total. The third kappa shape index (κ3) is 7.31. The predicted octanol–water partition coefficient (Wildman–Crippen LogP) is 3.73. The second-order valence-corrected chi connectivity index (χ2v) is 6.58. The first-order valence-corrected chi connectivity index (χ1v) is 9.57. The normalized spacial score (nSPS) is 10.0. The molecule has 3 aromatic carbocycles. The number of rotatable bonds is 9. The smallest absolute Gasteiger partial charge is 0.250 e. The molecule has 2 amide bonds. The highest BCUT2D eigenvalue weighted by atomic mass is 16.5. The highest BCUT2D eigenvalue weighted by Crippen LogP contribution is 2.17. The summed E-state index contributed by atoms with van der Waals surface area (Å²) in [7, 11) is 0. The molecule has 0 fully saturated rings. The predicted molar refractivity (Wildman–Crippen MR) is 116 cm³/mol. The zero-order chi connectivity index (χ0) is 21.9. The van der Waals surface area contributed by atoms with Gasteiger partial charge in [0.2, 0.25) is 11.8 Å². The van der Waals surface area contributed by atoms with E-state index in [1.54, 1.807) is 48.5 Å². The van der Waals surface area contributed by atoms with Crippen molar-refractivity contribution in [1.82, 2.24) is 0 Å². The van der Waals surface area contributed by atoms with E-state index in [9.17, 15) is 9.59 Å². The molecule has 3 rings (SSSR count). The number of nitriles is 1. The second kappa shape index (κ2) is 11.1. The lowest BCUT2D eigenvalue weighted by atomic mass is 10.2. The molecule has 2 N–H and O–H groups in total. The number of carbonyl (C=O) groups excluding carboxylic acids is 2. The van der Waals surface area contributed by atoms with E-state index in [0.29, 0.717) is 29.3 Å². The van der Waals surface area contributed by atoms with E-state index < -0.39 is 5.91 Å². The van der Waals surface area contributed by atoms with Crippen LogP contribution in [0, 0.1) is 11.3 Å². The minimum atomic E-state index is -0.391. The number of ether oxygens (including phenoxy) is 2. The molecule has 0 atom stereocenters. The van der Waals surface area contributed by atoms with Gasteiger partial charge in [-0.1, -0.05) is 30.3 Å². The first-order valence-electron chi connectivity index (χ1n) is 9.57. The van der Waals surface area contributed by atoms with Gasteiger partial charge in [0.1, 0.15) is 25.6 Å². The van der Waals surface area contributed by atoms with Gasteiger partial charge in [0.15, 0.2) is 0 Å². The topological polar surface area (TPSA) is 100 Å². The Labute approximate surface area is 180 Å². The Morgan fingerprint density at radius 2 is 1.32 bits per heavy atom. The number of anilines is 2. The molecule has 3 aromatic rings. The molecule has 0 aliphatic rings. The fraction of sp³-hybridized carbons (Fsp3) is 0.125. The van der Waals surface area contributed by atoms with Crippen LogP contribution in [0.15, 0.2) is 78.9 Å². The fourth-order valence-corrected chi connectivity index (χ4v) is 2.63. The Balaban J connectivity index is 1.36. The summed E-state index contributed by atoms with van der Waals surface area (Å²) < 4.78 is 10.9. The van der Waals surface area contributed by atoms with Crippen LogP contribution in [0.4, 0.5) is 11.4 Å². The van der Waals surface area contributed by atoms with Gasteiger partial charge < -0.3 is 20.1 Å². The number of hydrogen-bond acceptors (Lipinski definition) is 5. The molecule has 0 saturated carbocycles. The lowest BCUT2D eigenvalue weighted by Crippen LogP contribution is -2.23. The minimum Gasteiger partial charge on any atom is -0.489 e. The van der Waals surface area contributed by atoms with Crippen molar-refractivity contribution in [3.63, 3.8) is 0 Å². The van der Waals surface area contributed by atoms with Crippen LogP contribution in [0.3, 0.4) is 0 Å². The number of hydrogen-bond donors (Lipinski definition) is 2. The number of carbonyl (C=O) groups is 2. The standard InChI is InChI=1S/C24H21N3O4/c25-14-18-6-8-20(9-7-18)26-23(28)16-30-17-24(29)27-21-10-12-22(13-11-21)31-15-19-4-2-1-3-5-19/h1-13H,15-17H2,(H,26,28)(H,27,29). The number of nitrogens with one attached hydrogen (secondary N) is 2. The van der Waals surface area contributed by atoms with E-state index in [-0.39, 0.29) is 19.1 Å². The lowest BCUT2D eigenvalue weighted by Gasteiger charge is -2.09. The number of benzene rings is 3. The van der Waals surface area contributed by atoms with Crippen molar-refractivity contribution in [3.05, 3.63) is 90.0 Å². The zero-order valence-corrected chi connectivity index (χ0v) is 16.7. The third-order valence-electron chi connectivity index (χ3n) is 4.15. The van der Waals surface area contributed by atoms with Crippen molar-refractivity contribution in [2.75, 3.05) is 23.8 Å². The molecule has 0 bridgehead atoms. The van der Waals surface area contributed by atoms with E-state index in [4.69, 9.17) is 14.7 Å². The second-order valence-electron chi connectivity index (χ2n) is 6.58. The Kier molecular flexibility index (Phi) is 7.75. The van der Waals surface area contributed by atoms with E-state index in [1.165, 1.54) is 0 Å². The average molecular weight is 415 g/mol. The van der Waals surface area contributed by atoms with Gasteiger partial charge in [-0.25, -0.2) is 0 Å². The van der Waals surface area contributed by atoms with Gasteiger partial charge in [-0.3, -0.25) is 9.59 Å². The summed E-state index contributed by atoms with van der Waals surface area (Å²) in [6.07, 6.45) is 0. The Morgan fingerprint density at radius 1 is 0.774 bits per heavy atom. The first kappa shape index (κ1) is 21.6. The molecule has 0 saturated heterocycles. The van der Waals surface area contributed by atoms with E-state index >= 15 is 0 Å². The maximum atomic E-state index is 12.0. The fourth-order valence-electron chi connectivity index (χ4n) is 2.63. The largest absolute Gasteiger partial charge is 0.489 e. The van der Waals surface area contributed by atoms with Crippen LogP contribution in [-0.4, -0.2) is 25.0 Å². The van der Waals surface area contributed by atoms with Crippen LogP contribution < -0.4 is 15.4 Å². The molecule has 0 aromatic heterocycles. The van der Waals surface area contributed by atoms with Crippen LogP contribution in [0.2, 0.25) is 0 Å². The first-order chi connectivity index (χ1) is 15.1. The highest BCUT2D eigenvalue weighted by Gasteiger charge is 2.07. The van der Waals surface area contributed by atoms with Crippen LogP contribution in [0.1, 0.15) is 11.1 Å². The molecule has 0 aliphatic heterocycles. The van der Waals surface area contributed by atoms with Gasteiger partial charge in [-0.15, -0.1) is 0 Å². The van der Waals surface area contributed by atoms with Crippen molar-refractivity contribution >= 4 is 23.2 Å². The van der Waals surface area contributed by atoms with Crippen molar-refractivity contribution in [3.8, 4) is 11.8 Å². The molecule has 0 spiro atoms. The van der Waals surface area contributed by atoms with Gasteiger partial charge in [-0.05, 0) is 54.1 Å². The molecule has 0 aliphatic carbocycles. The molecule has 31 heavy (non-hydrogen) atoms. The number of amides is 2. The molecule has 7 heteroatoms. The molecular weight excluding hydrogens is 394 g/mol. The van der Waals surface area contributed by atoms with Crippen molar-refractivity contribution in [2.24, 2.45) is 0 Å². The minimum absolute atomic E-state index is 0.257. The Bertz CT molecular complexity index is 1040. The highest BCUT2D eigenvalue weighted by molar-refractivity contribution is 5.93. The molecular formula is C24H21N3O4. The monoisotopic (exact) mass is 415 g/mol. The van der Waals surface area contributed by atoms with Crippen LogP contribution in [0.5, 0.6) is 5.75 Å². The number of nitrogens with zero attached hydrogens (tertiary/aromatic N) is 1. The quantitative estimate of drug-likeness (QED) is 0.555. The van der Waals surface area contributed by atoms with E-state index in [0.717, 1.165) is 5.56 Å². The average Bonchev–Trinajstić information content (AvgIpc) is 2.80. The van der Waals surface area contributed by atoms with E-state index in [2.05, 4.69) is 10.6 Å². The van der Waals surface area contributed by atoms with Gasteiger partial charge in [0.25, 0.3) is 0 Å². The van der Waals surface area contributed by atoms with Crippen LogP contribution in [-0.2, 0) is 20.9 Å². The maximum Gasteiger partial charge on any atom is 0.250 e. The SMILES string of the molecule is N#Cc1ccc(NC(=O)COCC(=O)Nc2ccc(OCc3ccccc3)cc2)cc1. The van der Waals surface area contributed by atoms with Crippen LogP contribution >= 0.6 is 0 Å². The van der Waals surface area contributed by atoms with Crippen LogP contribution in [0.25, 0.3) is 0 Å². The Morgan fingerprint density at radius 3 is 1.87 bits per heavy atom. The zero-order valence-electron chi connectivity index (χ0n) is 16.7. The van der Waals surface area contributed by atoms with Gasteiger partial charge in [-0.2, -0.15) is 5.26 Å². The lowest BCUT2D eigenvalue weighted by molar-refractivity contribution is -0.125. The summed E-state index contributed by atoms with van der Waals surface area (Å²) in [5, 5.41) is 14.1. The summed E-state index contributed by atoms with van der Waals surface area (Å²) in [5.74, 6) is -0.0703. The van der Waals surface area contributed by atoms with Crippen molar-refractivity contribution in [2.45, 2.75) is 6.61 Å².